The fourth-order valence-corrected chi connectivity index (χ4v) is 3.52. The van der Waals surface area contributed by atoms with Crippen molar-refractivity contribution in [3.05, 3.63) is 70.7 Å². The zero-order chi connectivity index (χ0) is 19.4. The Balaban J connectivity index is 2.26. The number of unbranched alkanes of at least 4 members (excludes halogenated alkanes) is 1. The summed E-state index contributed by atoms with van der Waals surface area (Å²) in [4.78, 5) is 12.1. The summed E-state index contributed by atoms with van der Waals surface area (Å²) in [6.45, 7) is 4.42. The Morgan fingerprint density at radius 1 is 1.15 bits per heavy atom. The Kier molecular flexibility index (Phi) is 6.15. The first-order chi connectivity index (χ1) is 13.0. The number of carboxylic acids is 1. The highest BCUT2D eigenvalue weighted by atomic mass is 35.5. The number of aliphatic carboxylic acids is 1. The minimum atomic E-state index is -1.01. The van der Waals surface area contributed by atoms with Gasteiger partial charge in [-0.3, -0.25) is 0 Å². The molecule has 0 spiro atoms. The van der Waals surface area contributed by atoms with Crippen LogP contribution in [0, 0.1) is 6.92 Å². The van der Waals surface area contributed by atoms with E-state index in [9.17, 15) is 9.90 Å². The zero-order valence-electron chi connectivity index (χ0n) is 15.5. The molecular formula is C23H23ClO3. The summed E-state index contributed by atoms with van der Waals surface area (Å²) in [5.41, 5.74) is 3.44. The second-order valence-electron chi connectivity index (χ2n) is 6.65. The largest absolute Gasteiger partial charge is 0.479 e. The summed E-state index contributed by atoms with van der Waals surface area (Å²) in [5.74, 6) is -0.973. The van der Waals surface area contributed by atoms with E-state index in [2.05, 4.69) is 6.92 Å². The van der Waals surface area contributed by atoms with Crippen molar-refractivity contribution in [2.24, 2.45) is 0 Å². The SMILES string of the molecule is CCCCOC(C(=O)O)c1c(C)cc2ccccc2c1-c1ccc(Cl)cc1. The third-order valence-electron chi connectivity index (χ3n) is 4.70. The molecule has 0 fully saturated rings. The smallest absolute Gasteiger partial charge is 0.337 e. The lowest BCUT2D eigenvalue weighted by atomic mass is 9.87. The van der Waals surface area contributed by atoms with Crippen LogP contribution in [0.4, 0.5) is 0 Å². The van der Waals surface area contributed by atoms with Gasteiger partial charge in [0.25, 0.3) is 0 Å². The molecular weight excluding hydrogens is 360 g/mol. The van der Waals surface area contributed by atoms with Gasteiger partial charge in [0, 0.05) is 17.2 Å². The maximum atomic E-state index is 12.1. The van der Waals surface area contributed by atoms with Crippen LogP contribution in [0.15, 0.2) is 54.6 Å². The molecule has 0 amide bonds. The van der Waals surface area contributed by atoms with Crippen molar-refractivity contribution >= 4 is 28.3 Å². The molecule has 3 nitrogen and oxygen atoms in total. The van der Waals surface area contributed by atoms with Crippen molar-refractivity contribution in [2.45, 2.75) is 32.8 Å². The van der Waals surface area contributed by atoms with Gasteiger partial charge in [0.05, 0.1) is 0 Å². The third kappa shape index (κ3) is 4.15. The van der Waals surface area contributed by atoms with E-state index in [4.69, 9.17) is 16.3 Å². The van der Waals surface area contributed by atoms with E-state index >= 15 is 0 Å². The molecule has 0 saturated carbocycles. The number of hydrogen-bond acceptors (Lipinski definition) is 2. The maximum Gasteiger partial charge on any atom is 0.337 e. The lowest BCUT2D eigenvalue weighted by molar-refractivity contribution is -0.151. The summed E-state index contributed by atoms with van der Waals surface area (Å²) in [6, 6.07) is 17.6. The predicted octanol–water partition coefficient (Wildman–Crippen LogP) is 6.41. The number of aryl methyl sites for hydroxylation is 1. The van der Waals surface area contributed by atoms with Gasteiger partial charge in [-0.05, 0) is 52.9 Å². The van der Waals surface area contributed by atoms with E-state index in [1.165, 1.54) is 0 Å². The first kappa shape index (κ1) is 19.4. The fourth-order valence-electron chi connectivity index (χ4n) is 3.39. The molecule has 3 rings (SSSR count). The molecule has 140 valence electrons. The zero-order valence-corrected chi connectivity index (χ0v) is 16.3. The molecule has 1 atom stereocenters. The Hall–Kier alpha value is -2.36. The van der Waals surface area contributed by atoms with Gasteiger partial charge in [0.2, 0.25) is 0 Å². The van der Waals surface area contributed by atoms with Crippen LogP contribution < -0.4 is 0 Å². The monoisotopic (exact) mass is 382 g/mol. The van der Waals surface area contributed by atoms with Crippen LogP contribution in [0.2, 0.25) is 5.02 Å². The van der Waals surface area contributed by atoms with Crippen LogP contribution in [0.25, 0.3) is 21.9 Å². The molecule has 0 saturated heterocycles. The average Bonchev–Trinajstić information content (AvgIpc) is 2.65. The fraction of sp³-hybridized carbons (Fsp3) is 0.261. The van der Waals surface area contributed by atoms with Crippen LogP contribution >= 0.6 is 11.6 Å². The second kappa shape index (κ2) is 8.55. The first-order valence-electron chi connectivity index (χ1n) is 9.15. The van der Waals surface area contributed by atoms with E-state index in [0.717, 1.165) is 40.3 Å². The van der Waals surface area contributed by atoms with E-state index in [0.29, 0.717) is 17.2 Å². The lowest BCUT2D eigenvalue weighted by Crippen LogP contribution is -2.18. The van der Waals surface area contributed by atoms with Gasteiger partial charge in [-0.1, -0.05) is 67.4 Å². The molecule has 3 aromatic rings. The number of ether oxygens (including phenoxy) is 1. The summed E-state index contributed by atoms with van der Waals surface area (Å²) in [6.07, 6.45) is 0.770. The van der Waals surface area contributed by atoms with Gasteiger partial charge in [0.15, 0.2) is 6.10 Å². The topological polar surface area (TPSA) is 46.5 Å². The molecule has 0 aliphatic rings. The molecule has 0 aliphatic carbocycles. The summed E-state index contributed by atoms with van der Waals surface area (Å²) >= 11 is 6.07. The minimum Gasteiger partial charge on any atom is -0.479 e. The molecule has 0 bridgehead atoms. The van der Waals surface area contributed by atoms with E-state index in [1.54, 1.807) is 0 Å². The molecule has 0 heterocycles. The van der Waals surface area contributed by atoms with Crippen LogP contribution in [0.5, 0.6) is 0 Å². The summed E-state index contributed by atoms with van der Waals surface area (Å²) in [7, 11) is 0. The Morgan fingerprint density at radius 3 is 2.52 bits per heavy atom. The predicted molar refractivity (Wildman–Crippen MR) is 110 cm³/mol. The van der Waals surface area contributed by atoms with Crippen molar-refractivity contribution in [1.82, 2.24) is 0 Å². The van der Waals surface area contributed by atoms with Gasteiger partial charge in [-0.15, -0.1) is 0 Å². The number of rotatable bonds is 7. The molecule has 0 aromatic heterocycles. The van der Waals surface area contributed by atoms with Gasteiger partial charge < -0.3 is 9.84 Å². The molecule has 0 radical (unpaired) electrons. The Labute approximate surface area is 164 Å². The summed E-state index contributed by atoms with van der Waals surface area (Å²) in [5, 5.41) is 12.6. The number of benzene rings is 3. The molecule has 0 aliphatic heterocycles. The molecule has 27 heavy (non-hydrogen) atoms. The van der Waals surface area contributed by atoms with Crippen molar-refractivity contribution in [2.75, 3.05) is 6.61 Å². The van der Waals surface area contributed by atoms with Crippen LogP contribution in [0.3, 0.4) is 0 Å². The van der Waals surface area contributed by atoms with Crippen molar-refractivity contribution in [1.29, 1.82) is 0 Å². The molecule has 1 N–H and O–H groups in total. The van der Waals surface area contributed by atoms with Crippen LogP contribution in [0.1, 0.15) is 37.0 Å². The standard InChI is InChI=1S/C23H23ClO3/c1-3-4-13-27-22(23(25)26)20-15(2)14-17-7-5-6-8-19(17)21(20)16-9-11-18(24)12-10-16/h5-12,14,22H,3-4,13H2,1-2H3,(H,25,26). The molecule has 3 aromatic carbocycles. The highest BCUT2D eigenvalue weighted by Crippen LogP contribution is 2.39. The quantitative estimate of drug-likeness (QED) is 0.480. The van der Waals surface area contributed by atoms with Crippen LogP contribution in [-0.2, 0) is 9.53 Å². The third-order valence-corrected chi connectivity index (χ3v) is 4.95. The number of carbonyl (C=O) groups is 1. The van der Waals surface area contributed by atoms with Gasteiger partial charge in [-0.2, -0.15) is 0 Å². The first-order valence-corrected chi connectivity index (χ1v) is 9.53. The Morgan fingerprint density at radius 2 is 1.85 bits per heavy atom. The van der Waals surface area contributed by atoms with Gasteiger partial charge in [0.1, 0.15) is 0 Å². The maximum absolute atomic E-state index is 12.1. The molecule has 4 heteroatoms. The lowest BCUT2D eigenvalue weighted by Gasteiger charge is -2.22. The van der Waals surface area contributed by atoms with E-state index in [1.807, 2.05) is 61.5 Å². The number of hydrogen-bond donors (Lipinski definition) is 1. The van der Waals surface area contributed by atoms with Crippen molar-refractivity contribution in [3.63, 3.8) is 0 Å². The van der Waals surface area contributed by atoms with Crippen LogP contribution in [-0.4, -0.2) is 17.7 Å². The normalized spacial score (nSPS) is 12.3. The van der Waals surface area contributed by atoms with Crippen molar-refractivity contribution in [3.8, 4) is 11.1 Å². The number of halogens is 1. The Bertz CT molecular complexity index is 948. The van der Waals surface area contributed by atoms with E-state index < -0.39 is 12.1 Å². The summed E-state index contributed by atoms with van der Waals surface area (Å²) < 4.78 is 5.82. The number of fused-ring (bicyclic) bond motifs is 1. The average molecular weight is 383 g/mol. The van der Waals surface area contributed by atoms with Crippen molar-refractivity contribution < 1.29 is 14.6 Å². The minimum absolute atomic E-state index is 0.416. The van der Waals surface area contributed by atoms with Gasteiger partial charge in [-0.25, -0.2) is 4.79 Å². The van der Waals surface area contributed by atoms with Gasteiger partial charge >= 0.3 is 5.97 Å². The number of carboxylic acid groups (broad SMARTS) is 1. The second-order valence-corrected chi connectivity index (χ2v) is 7.09. The highest BCUT2D eigenvalue weighted by Gasteiger charge is 2.27. The van der Waals surface area contributed by atoms with E-state index in [-0.39, 0.29) is 0 Å². The molecule has 1 unspecified atom stereocenters. The highest BCUT2D eigenvalue weighted by molar-refractivity contribution is 6.30.